The molecule has 3 rings (SSSR count). The van der Waals surface area contributed by atoms with Gasteiger partial charge in [-0.1, -0.05) is 48.0 Å². The maximum Gasteiger partial charge on any atom is 0.313 e. The van der Waals surface area contributed by atoms with Gasteiger partial charge in [-0.15, -0.1) is 0 Å². The highest BCUT2D eigenvalue weighted by Gasteiger charge is 2.17. The van der Waals surface area contributed by atoms with Gasteiger partial charge in [0.2, 0.25) is 0 Å². The lowest BCUT2D eigenvalue weighted by Gasteiger charge is -2.14. The standard InChI is InChI=1S/C20H19N3O2/c1-13-7-9-15(10-8-13)14(2)22-19(24)20(25)23-17-11-16-5-3-4-6-18(16)21-12-17/h3-12,14H,1-2H3,(H,22,24)(H,23,25). The van der Waals surface area contributed by atoms with E-state index >= 15 is 0 Å². The lowest BCUT2D eigenvalue weighted by atomic mass is 10.1. The van der Waals surface area contributed by atoms with Gasteiger partial charge in [0, 0.05) is 5.39 Å². The number of para-hydroxylation sites is 1. The van der Waals surface area contributed by atoms with Crippen molar-refractivity contribution >= 4 is 28.4 Å². The number of nitrogens with zero attached hydrogens (tertiary/aromatic N) is 1. The van der Waals surface area contributed by atoms with Gasteiger partial charge in [0.15, 0.2) is 0 Å². The molecular formula is C20H19N3O2. The SMILES string of the molecule is Cc1ccc(C(C)NC(=O)C(=O)Nc2cnc3ccccc3c2)cc1. The molecule has 25 heavy (non-hydrogen) atoms. The summed E-state index contributed by atoms with van der Waals surface area (Å²) in [5.41, 5.74) is 3.41. The second kappa shape index (κ2) is 7.13. The van der Waals surface area contributed by atoms with Crippen LogP contribution in [0.15, 0.2) is 60.8 Å². The minimum absolute atomic E-state index is 0.256. The van der Waals surface area contributed by atoms with E-state index in [0.717, 1.165) is 22.0 Å². The Morgan fingerprint density at radius 2 is 1.72 bits per heavy atom. The molecule has 1 atom stereocenters. The molecular weight excluding hydrogens is 314 g/mol. The number of rotatable bonds is 3. The van der Waals surface area contributed by atoms with E-state index in [1.54, 1.807) is 6.07 Å². The molecule has 0 radical (unpaired) electrons. The summed E-state index contributed by atoms with van der Waals surface area (Å²) in [7, 11) is 0. The Hall–Kier alpha value is -3.21. The minimum Gasteiger partial charge on any atom is -0.341 e. The van der Waals surface area contributed by atoms with Crippen molar-refractivity contribution in [3.05, 3.63) is 71.9 Å². The predicted octanol–water partition coefficient (Wildman–Crippen LogP) is 3.36. The summed E-state index contributed by atoms with van der Waals surface area (Å²) in [6.07, 6.45) is 1.54. The van der Waals surface area contributed by atoms with E-state index in [1.807, 2.05) is 62.4 Å². The van der Waals surface area contributed by atoms with Crippen LogP contribution in [0.4, 0.5) is 5.69 Å². The van der Waals surface area contributed by atoms with Crippen molar-refractivity contribution in [3.63, 3.8) is 0 Å². The molecule has 5 heteroatoms. The van der Waals surface area contributed by atoms with Crippen LogP contribution in [0.5, 0.6) is 0 Å². The zero-order valence-corrected chi connectivity index (χ0v) is 14.1. The summed E-state index contributed by atoms with van der Waals surface area (Å²) in [4.78, 5) is 28.5. The monoisotopic (exact) mass is 333 g/mol. The van der Waals surface area contributed by atoms with Gasteiger partial charge >= 0.3 is 11.8 Å². The largest absolute Gasteiger partial charge is 0.341 e. The van der Waals surface area contributed by atoms with Crippen molar-refractivity contribution in [3.8, 4) is 0 Å². The Kier molecular flexibility index (Phi) is 4.75. The molecule has 0 fully saturated rings. The quantitative estimate of drug-likeness (QED) is 0.722. The number of pyridine rings is 1. The van der Waals surface area contributed by atoms with Crippen LogP contribution < -0.4 is 10.6 Å². The van der Waals surface area contributed by atoms with Gasteiger partial charge < -0.3 is 10.6 Å². The highest BCUT2D eigenvalue weighted by molar-refractivity contribution is 6.39. The number of aryl methyl sites for hydroxylation is 1. The molecule has 1 aromatic heterocycles. The fourth-order valence-corrected chi connectivity index (χ4v) is 2.53. The van der Waals surface area contributed by atoms with Crippen molar-refractivity contribution in [2.75, 3.05) is 5.32 Å². The fraction of sp³-hybridized carbons (Fsp3) is 0.150. The third-order valence-corrected chi connectivity index (χ3v) is 3.98. The molecule has 126 valence electrons. The normalized spacial score (nSPS) is 11.8. The van der Waals surface area contributed by atoms with Crippen LogP contribution in [0, 0.1) is 6.92 Å². The molecule has 0 saturated heterocycles. The number of nitrogens with one attached hydrogen (secondary N) is 2. The van der Waals surface area contributed by atoms with E-state index in [9.17, 15) is 9.59 Å². The third-order valence-electron chi connectivity index (χ3n) is 3.98. The predicted molar refractivity (Wildman–Crippen MR) is 98.1 cm³/mol. The molecule has 0 bridgehead atoms. The summed E-state index contributed by atoms with van der Waals surface area (Å²) in [6, 6.07) is 16.9. The third kappa shape index (κ3) is 4.01. The number of fused-ring (bicyclic) bond motifs is 1. The molecule has 0 aliphatic heterocycles. The molecule has 0 spiro atoms. The van der Waals surface area contributed by atoms with E-state index in [1.165, 1.54) is 6.20 Å². The second-order valence-electron chi connectivity index (χ2n) is 5.98. The van der Waals surface area contributed by atoms with E-state index in [0.29, 0.717) is 5.69 Å². The van der Waals surface area contributed by atoms with Gasteiger partial charge in [0.05, 0.1) is 23.4 Å². The van der Waals surface area contributed by atoms with Gasteiger partial charge in [-0.2, -0.15) is 0 Å². The van der Waals surface area contributed by atoms with Crippen molar-refractivity contribution in [1.82, 2.24) is 10.3 Å². The molecule has 0 aliphatic carbocycles. The lowest BCUT2D eigenvalue weighted by molar-refractivity contribution is -0.136. The van der Waals surface area contributed by atoms with Crippen molar-refractivity contribution < 1.29 is 9.59 Å². The molecule has 1 heterocycles. The molecule has 0 aliphatic rings. The van der Waals surface area contributed by atoms with Gasteiger partial charge in [-0.05, 0) is 31.5 Å². The van der Waals surface area contributed by atoms with E-state index in [4.69, 9.17) is 0 Å². The van der Waals surface area contributed by atoms with Crippen molar-refractivity contribution in [2.45, 2.75) is 19.9 Å². The molecule has 1 unspecified atom stereocenters. The Morgan fingerprint density at radius 1 is 1.00 bits per heavy atom. The summed E-state index contributed by atoms with van der Waals surface area (Å²) in [5, 5.41) is 6.18. The first-order valence-electron chi connectivity index (χ1n) is 8.06. The zero-order chi connectivity index (χ0) is 17.8. The number of hydrogen-bond acceptors (Lipinski definition) is 3. The van der Waals surface area contributed by atoms with Crippen LogP contribution in [0.1, 0.15) is 24.1 Å². The number of hydrogen-bond donors (Lipinski definition) is 2. The molecule has 2 aromatic carbocycles. The highest BCUT2D eigenvalue weighted by Crippen LogP contribution is 2.16. The molecule has 5 nitrogen and oxygen atoms in total. The first-order valence-corrected chi connectivity index (χ1v) is 8.06. The number of benzene rings is 2. The number of aromatic nitrogens is 1. The number of amides is 2. The second-order valence-corrected chi connectivity index (χ2v) is 5.98. The summed E-state index contributed by atoms with van der Waals surface area (Å²) >= 11 is 0. The van der Waals surface area contributed by atoms with Crippen LogP contribution in [0.3, 0.4) is 0 Å². The Balaban J connectivity index is 1.65. The average Bonchev–Trinajstić information content (AvgIpc) is 2.62. The van der Waals surface area contributed by atoms with Gasteiger partial charge in [-0.25, -0.2) is 0 Å². The Bertz CT molecular complexity index is 920. The lowest BCUT2D eigenvalue weighted by Crippen LogP contribution is -2.36. The maximum absolute atomic E-state index is 12.1. The van der Waals surface area contributed by atoms with Crippen LogP contribution >= 0.6 is 0 Å². The highest BCUT2D eigenvalue weighted by atomic mass is 16.2. The topological polar surface area (TPSA) is 71.1 Å². The smallest absolute Gasteiger partial charge is 0.313 e. The molecule has 2 N–H and O–H groups in total. The Labute approximate surface area is 146 Å². The minimum atomic E-state index is -0.712. The number of carbonyl (C=O) groups excluding carboxylic acids is 2. The van der Waals surface area contributed by atoms with Gasteiger partial charge in [0.25, 0.3) is 0 Å². The van der Waals surface area contributed by atoms with Crippen LogP contribution in [-0.2, 0) is 9.59 Å². The average molecular weight is 333 g/mol. The van der Waals surface area contributed by atoms with Gasteiger partial charge in [0.1, 0.15) is 0 Å². The van der Waals surface area contributed by atoms with E-state index in [2.05, 4.69) is 15.6 Å². The first kappa shape index (κ1) is 16.6. The fourth-order valence-electron chi connectivity index (χ4n) is 2.53. The number of carbonyl (C=O) groups is 2. The summed E-state index contributed by atoms with van der Waals surface area (Å²) in [5.74, 6) is -1.39. The Morgan fingerprint density at radius 3 is 2.48 bits per heavy atom. The van der Waals surface area contributed by atoms with Crippen LogP contribution in [0.2, 0.25) is 0 Å². The van der Waals surface area contributed by atoms with Gasteiger partial charge in [-0.3, -0.25) is 14.6 Å². The maximum atomic E-state index is 12.1. The van der Waals surface area contributed by atoms with Crippen molar-refractivity contribution in [1.29, 1.82) is 0 Å². The van der Waals surface area contributed by atoms with E-state index < -0.39 is 11.8 Å². The zero-order valence-electron chi connectivity index (χ0n) is 14.1. The van der Waals surface area contributed by atoms with E-state index in [-0.39, 0.29) is 6.04 Å². The summed E-state index contributed by atoms with van der Waals surface area (Å²) < 4.78 is 0. The van der Waals surface area contributed by atoms with Crippen molar-refractivity contribution in [2.24, 2.45) is 0 Å². The van der Waals surface area contributed by atoms with Crippen LogP contribution in [0.25, 0.3) is 10.9 Å². The number of anilines is 1. The summed E-state index contributed by atoms with van der Waals surface area (Å²) in [6.45, 7) is 3.84. The molecule has 2 amide bonds. The molecule has 3 aromatic rings. The molecule has 0 saturated carbocycles. The first-order chi connectivity index (χ1) is 12.0. The van der Waals surface area contributed by atoms with Crippen LogP contribution in [-0.4, -0.2) is 16.8 Å².